The molecular formula is C22H29ClF2N2O4S. The summed E-state index contributed by atoms with van der Waals surface area (Å²) in [6.45, 7) is 2.80. The highest BCUT2D eigenvalue weighted by Crippen LogP contribution is 2.33. The average Bonchev–Trinajstić information content (AvgIpc) is 2.74. The van der Waals surface area contributed by atoms with Gasteiger partial charge in [-0.25, -0.2) is 21.9 Å². The Morgan fingerprint density at radius 1 is 1.00 bits per heavy atom. The lowest BCUT2D eigenvalue weighted by Gasteiger charge is -2.29. The Bertz CT molecular complexity index is 1000. The molecule has 1 N–H and O–H groups in total. The third kappa shape index (κ3) is 6.31. The maximum absolute atomic E-state index is 13.7. The second-order valence-electron chi connectivity index (χ2n) is 7.51. The number of benzene rings is 2. The second kappa shape index (κ2) is 11.8. The molecule has 0 radical (unpaired) electrons. The number of fused-ring (bicyclic) bond motifs is 1. The minimum atomic E-state index is -4.21. The van der Waals surface area contributed by atoms with Gasteiger partial charge in [-0.15, -0.1) is 12.4 Å². The van der Waals surface area contributed by atoms with Gasteiger partial charge < -0.3 is 9.47 Å². The summed E-state index contributed by atoms with van der Waals surface area (Å²) < 4.78 is 64.7. The lowest BCUT2D eigenvalue weighted by Crippen LogP contribution is -2.31. The molecule has 6 nitrogen and oxygen atoms in total. The van der Waals surface area contributed by atoms with Crippen LogP contribution in [0.15, 0.2) is 35.2 Å². The van der Waals surface area contributed by atoms with Crippen LogP contribution in [-0.4, -0.2) is 47.2 Å². The molecule has 1 aliphatic rings. The van der Waals surface area contributed by atoms with Crippen molar-refractivity contribution >= 4 is 22.4 Å². The first-order valence-corrected chi connectivity index (χ1v) is 11.7. The Hall–Kier alpha value is -1.94. The van der Waals surface area contributed by atoms with Crippen molar-refractivity contribution in [1.82, 2.24) is 9.62 Å². The number of nitrogens with one attached hydrogen (secondary N) is 1. The van der Waals surface area contributed by atoms with Crippen LogP contribution < -0.4 is 14.2 Å². The van der Waals surface area contributed by atoms with E-state index in [0.717, 1.165) is 68.6 Å². The fraction of sp³-hybridized carbons (Fsp3) is 0.455. The van der Waals surface area contributed by atoms with Gasteiger partial charge in [0.1, 0.15) is 11.6 Å². The maximum Gasteiger partial charge on any atom is 0.246 e. The van der Waals surface area contributed by atoms with Gasteiger partial charge in [-0.1, -0.05) is 12.5 Å². The molecule has 0 amide bonds. The molecule has 178 valence electrons. The van der Waals surface area contributed by atoms with Gasteiger partial charge in [-0.05, 0) is 61.2 Å². The van der Waals surface area contributed by atoms with Gasteiger partial charge >= 0.3 is 0 Å². The minimum Gasteiger partial charge on any atom is -0.493 e. The number of halogens is 3. The number of hydrogen-bond acceptors (Lipinski definition) is 5. The van der Waals surface area contributed by atoms with Crippen LogP contribution in [0.2, 0.25) is 0 Å². The monoisotopic (exact) mass is 490 g/mol. The maximum atomic E-state index is 13.7. The SMILES string of the molecule is COc1cc2c(cc1OC)CN(CCCCCNS(=O)(=O)c1c(F)cccc1F)CC2.Cl. The second-order valence-corrected chi connectivity index (χ2v) is 9.22. The molecule has 1 aliphatic heterocycles. The molecule has 3 rings (SSSR count). The van der Waals surface area contributed by atoms with Gasteiger partial charge in [0.15, 0.2) is 16.4 Å². The highest BCUT2D eigenvalue weighted by molar-refractivity contribution is 7.89. The van der Waals surface area contributed by atoms with Crippen molar-refractivity contribution in [3.8, 4) is 11.5 Å². The summed E-state index contributed by atoms with van der Waals surface area (Å²) in [6.07, 6.45) is 3.23. The first-order valence-electron chi connectivity index (χ1n) is 10.3. The molecular weight excluding hydrogens is 462 g/mol. The van der Waals surface area contributed by atoms with E-state index in [1.165, 1.54) is 11.1 Å². The minimum absolute atomic E-state index is 0. The van der Waals surface area contributed by atoms with Gasteiger partial charge in [0, 0.05) is 19.6 Å². The van der Waals surface area contributed by atoms with Crippen molar-refractivity contribution < 1.29 is 26.7 Å². The Kier molecular flexibility index (Phi) is 9.69. The highest BCUT2D eigenvalue weighted by Gasteiger charge is 2.23. The third-order valence-electron chi connectivity index (χ3n) is 5.43. The van der Waals surface area contributed by atoms with Gasteiger partial charge in [-0.3, -0.25) is 4.90 Å². The molecule has 0 aliphatic carbocycles. The molecule has 0 saturated carbocycles. The number of hydrogen-bond donors (Lipinski definition) is 1. The van der Waals surface area contributed by atoms with Gasteiger partial charge in [-0.2, -0.15) is 0 Å². The number of unbranched alkanes of at least 4 members (excludes halogenated alkanes) is 2. The summed E-state index contributed by atoms with van der Waals surface area (Å²) in [6, 6.07) is 7.06. The Morgan fingerprint density at radius 2 is 1.62 bits per heavy atom. The molecule has 10 heteroatoms. The van der Waals surface area contributed by atoms with E-state index in [0.29, 0.717) is 6.42 Å². The zero-order valence-electron chi connectivity index (χ0n) is 18.2. The molecule has 2 aromatic rings. The summed E-state index contributed by atoms with van der Waals surface area (Å²) >= 11 is 0. The molecule has 0 spiro atoms. The predicted octanol–water partition coefficient (Wildman–Crippen LogP) is 3.91. The first-order chi connectivity index (χ1) is 14.9. The fourth-order valence-electron chi connectivity index (χ4n) is 3.79. The smallest absolute Gasteiger partial charge is 0.246 e. The van der Waals surface area contributed by atoms with Crippen molar-refractivity contribution in [1.29, 1.82) is 0 Å². The molecule has 0 aromatic heterocycles. The lowest BCUT2D eigenvalue weighted by molar-refractivity contribution is 0.247. The van der Waals surface area contributed by atoms with Crippen molar-refractivity contribution in [2.24, 2.45) is 0 Å². The van der Waals surface area contributed by atoms with Crippen LogP contribution >= 0.6 is 12.4 Å². The number of methoxy groups -OCH3 is 2. The lowest BCUT2D eigenvalue weighted by atomic mass is 9.98. The van der Waals surface area contributed by atoms with E-state index in [1.807, 2.05) is 12.1 Å². The van der Waals surface area contributed by atoms with Gasteiger partial charge in [0.05, 0.1) is 14.2 Å². The molecule has 0 atom stereocenters. The van der Waals surface area contributed by atoms with Crippen molar-refractivity contribution in [2.45, 2.75) is 37.1 Å². The Labute approximate surface area is 194 Å². The van der Waals surface area contributed by atoms with Crippen LogP contribution in [0, 0.1) is 11.6 Å². The summed E-state index contributed by atoms with van der Waals surface area (Å²) in [5.41, 5.74) is 2.49. The Morgan fingerprint density at radius 3 is 2.25 bits per heavy atom. The summed E-state index contributed by atoms with van der Waals surface area (Å²) in [5, 5.41) is 0. The number of sulfonamides is 1. The largest absolute Gasteiger partial charge is 0.493 e. The standard InChI is InChI=1S/C22H28F2N2O4S.ClH/c1-29-20-13-16-9-12-26(15-17(16)14-21(20)30-2)11-5-3-4-10-25-31(27,28)22-18(23)7-6-8-19(22)24;/h6-8,13-14,25H,3-5,9-12,15H2,1-2H3;1H. The van der Waals surface area contributed by atoms with Crippen molar-refractivity contribution in [2.75, 3.05) is 33.9 Å². The van der Waals surface area contributed by atoms with Crippen LogP contribution in [0.25, 0.3) is 0 Å². The zero-order valence-corrected chi connectivity index (χ0v) is 19.8. The number of nitrogens with zero attached hydrogens (tertiary/aromatic N) is 1. The summed E-state index contributed by atoms with van der Waals surface area (Å²) in [4.78, 5) is 1.43. The molecule has 0 fully saturated rings. The molecule has 0 bridgehead atoms. The van der Waals surface area contributed by atoms with Gasteiger partial charge in [0.25, 0.3) is 0 Å². The zero-order chi connectivity index (χ0) is 22.4. The van der Waals surface area contributed by atoms with E-state index >= 15 is 0 Å². The normalized spacial score (nSPS) is 13.9. The molecule has 32 heavy (non-hydrogen) atoms. The van der Waals surface area contributed by atoms with E-state index in [2.05, 4.69) is 9.62 Å². The van der Waals surface area contributed by atoms with Crippen LogP contribution in [0.3, 0.4) is 0 Å². The quantitative estimate of drug-likeness (QED) is 0.511. The predicted molar refractivity (Wildman–Crippen MR) is 121 cm³/mol. The van der Waals surface area contributed by atoms with Crippen LogP contribution in [0.4, 0.5) is 8.78 Å². The molecule has 0 saturated heterocycles. The summed E-state index contributed by atoms with van der Waals surface area (Å²) in [7, 11) is -0.952. The van der Waals surface area contributed by atoms with Crippen molar-refractivity contribution in [3.63, 3.8) is 0 Å². The van der Waals surface area contributed by atoms with E-state index in [1.54, 1.807) is 14.2 Å². The van der Waals surface area contributed by atoms with Crippen molar-refractivity contribution in [3.05, 3.63) is 53.1 Å². The Balaban J connectivity index is 0.00000363. The molecule has 0 unspecified atom stereocenters. The molecule has 2 aromatic carbocycles. The van der Waals surface area contributed by atoms with Gasteiger partial charge in [0.2, 0.25) is 10.0 Å². The van der Waals surface area contributed by atoms with E-state index in [-0.39, 0.29) is 19.0 Å². The molecule has 1 heterocycles. The summed E-state index contributed by atoms with van der Waals surface area (Å²) in [5.74, 6) is -0.714. The van der Waals surface area contributed by atoms with E-state index in [9.17, 15) is 17.2 Å². The topological polar surface area (TPSA) is 67.9 Å². The average molecular weight is 491 g/mol. The first kappa shape index (κ1) is 26.3. The van der Waals surface area contributed by atoms with E-state index < -0.39 is 26.6 Å². The van der Waals surface area contributed by atoms with Crippen LogP contribution in [0.5, 0.6) is 11.5 Å². The van der Waals surface area contributed by atoms with Crippen LogP contribution in [-0.2, 0) is 23.0 Å². The number of rotatable bonds is 10. The van der Waals surface area contributed by atoms with Crippen LogP contribution in [0.1, 0.15) is 30.4 Å². The highest BCUT2D eigenvalue weighted by atomic mass is 35.5. The number of ether oxygens (including phenoxy) is 2. The fourth-order valence-corrected chi connectivity index (χ4v) is 4.99. The van der Waals surface area contributed by atoms with E-state index in [4.69, 9.17) is 9.47 Å². The third-order valence-corrected chi connectivity index (χ3v) is 6.94.